The highest BCUT2D eigenvalue weighted by atomic mass is 35.5. The van der Waals surface area contributed by atoms with Crippen molar-refractivity contribution in [2.24, 2.45) is 5.92 Å². The zero-order valence-corrected chi connectivity index (χ0v) is 10.4. The quantitative estimate of drug-likeness (QED) is 0.784. The summed E-state index contributed by atoms with van der Waals surface area (Å²) in [5.41, 5.74) is 1.82. The summed E-state index contributed by atoms with van der Waals surface area (Å²) in [7, 11) is 1.73. The van der Waals surface area contributed by atoms with E-state index in [4.69, 9.17) is 16.3 Å². The average Bonchev–Trinajstić information content (AvgIpc) is 3.03. The third-order valence-corrected chi connectivity index (χ3v) is 3.52. The van der Waals surface area contributed by atoms with Crippen LogP contribution in [0.3, 0.4) is 0 Å². The Morgan fingerprint density at radius 2 is 2.41 bits per heavy atom. The molecule has 0 aliphatic heterocycles. The Morgan fingerprint density at radius 1 is 1.59 bits per heavy atom. The molecule has 17 heavy (non-hydrogen) atoms. The normalized spacial score (nSPS) is 17.5. The second-order valence-electron chi connectivity index (χ2n) is 4.50. The number of rotatable bonds is 4. The van der Waals surface area contributed by atoms with Crippen LogP contribution in [0.2, 0.25) is 5.15 Å². The lowest BCUT2D eigenvalue weighted by atomic mass is 10.0. The molecule has 1 fully saturated rings. The standard InChI is InChI=1S/C12H14ClN3O/c1-17-7-9(8-2-3-8)10-6-11(13)16-12(15-10)4-5-14-16/h4-6,8-9H,2-3,7H2,1H3/t9-/m0/s1. The molecule has 1 saturated carbocycles. The van der Waals surface area contributed by atoms with Crippen LogP contribution in [0.1, 0.15) is 24.5 Å². The van der Waals surface area contributed by atoms with Crippen LogP contribution in [0, 0.1) is 5.92 Å². The summed E-state index contributed by atoms with van der Waals surface area (Å²) in [6.07, 6.45) is 4.23. The van der Waals surface area contributed by atoms with Crippen molar-refractivity contribution < 1.29 is 4.74 Å². The molecule has 0 amide bonds. The first-order chi connectivity index (χ1) is 8.29. The van der Waals surface area contributed by atoms with Crippen molar-refractivity contribution >= 4 is 17.2 Å². The van der Waals surface area contributed by atoms with Gasteiger partial charge in [-0.3, -0.25) is 0 Å². The molecule has 4 nitrogen and oxygen atoms in total. The summed E-state index contributed by atoms with van der Waals surface area (Å²) in [4.78, 5) is 4.61. The monoisotopic (exact) mass is 251 g/mol. The minimum Gasteiger partial charge on any atom is -0.384 e. The molecule has 1 aliphatic carbocycles. The van der Waals surface area contributed by atoms with Gasteiger partial charge in [0, 0.05) is 19.1 Å². The predicted molar refractivity (Wildman–Crippen MR) is 65.3 cm³/mol. The van der Waals surface area contributed by atoms with Crippen LogP contribution >= 0.6 is 11.6 Å². The maximum absolute atomic E-state index is 6.19. The van der Waals surface area contributed by atoms with Gasteiger partial charge in [0.15, 0.2) is 5.65 Å². The molecule has 0 saturated heterocycles. The molecule has 1 aliphatic rings. The highest BCUT2D eigenvalue weighted by Crippen LogP contribution is 2.42. The van der Waals surface area contributed by atoms with E-state index in [1.807, 2.05) is 12.1 Å². The first-order valence-corrected chi connectivity index (χ1v) is 6.16. The van der Waals surface area contributed by atoms with E-state index in [0.29, 0.717) is 23.6 Å². The van der Waals surface area contributed by atoms with Crippen LogP contribution < -0.4 is 0 Å². The second-order valence-corrected chi connectivity index (χ2v) is 4.89. The van der Waals surface area contributed by atoms with Gasteiger partial charge in [-0.15, -0.1) is 0 Å². The zero-order valence-electron chi connectivity index (χ0n) is 9.64. The van der Waals surface area contributed by atoms with Gasteiger partial charge in [0.1, 0.15) is 5.15 Å². The lowest BCUT2D eigenvalue weighted by Gasteiger charge is -2.15. The Labute approximate surface area is 105 Å². The maximum atomic E-state index is 6.19. The lowest BCUT2D eigenvalue weighted by molar-refractivity contribution is 0.170. The number of aromatic nitrogens is 3. The molecule has 0 spiro atoms. The number of fused-ring (bicyclic) bond motifs is 1. The molecule has 2 aromatic rings. The van der Waals surface area contributed by atoms with Crippen molar-refractivity contribution in [1.82, 2.24) is 14.6 Å². The van der Waals surface area contributed by atoms with Gasteiger partial charge >= 0.3 is 0 Å². The topological polar surface area (TPSA) is 39.4 Å². The van der Waals surface area contributed by atoms with Crippen LogP contribution in [0.5, 0.6) is 0 Å². The average molecular weight is 252 g/mol. The number of ether oxygens (including phenoxy) is 1. The van der Waals surface area contributed by atoms with Crippen molar-refractivity contribution in [3.8, 4) is 0 Å². The number of nitrogens with zero attached hydrogens (tertiary/aromatic N) is 3. The van der Waals surface area contributed by atoms with E-state index in [1.54, 1.807) is 17.8 Å². The van der Waals surface area contributed by atoms with Gasteiger partial charge < -0.3 is 4.74 Å². The van der Waals surface area contributed by atoms with Gasteiger partial charge in [0.25, 0.3) is 0 Å². The van der Waals surface area contributed by atoms with Crippen LogP contribution in [0.25, 0.3) is 5.65 Å². The summed E-state index contributed by atoms with van der Waals surface area (Å²) < 4.78 is 6.93. The maximum Gasteiger partial charge on any atom is 0.156 e. The molecule has 0 radical (unpaired) electrons. The highest BCUT2D eigenvalue weighted by Gasteiger charge is 2.33. The minimum absolute atomic E-state index is 0.359. The van der Waals surface area contributed by atoms with Crippen molar-refractivity contribution in [3.63, 3.8) is 0 Å². The molecule has 0 N–H and O–H groups in total. The number of methoxy groups -OCH3 is 1. The molecule has 0 bridgehead atoms. The van der Waals surface area contributed by atoms with E-state index in [1.165, 1.54) is 12.8 Å². The molecule has 3 rings (SSSR count). The fraction of sp³-hybridized carbons (Fsp3) is 0.500. The van der Waals surface area contributed by atoms with Gasteiger partial charge in [-0.05, 0) is 24.8 Å². The van der Waals surface area contributed by atoms with E-state index in [0.717, 1.165) is 11.3 Å². The van der Waals surface area contributed by atoms with Crippen LogP contribution in [0.4, 0.5) is 0 Å². The van der Waals surface area contributed by atoms with Crippen molar-refractivity contribution in [2.45, 2.75) is 18.8 Å². The second kappa shape index (κ2) is 4.27. The first-order valence-electron chi connectivity index (χ1n) is 5.78. The molecule has 1 atom stereocenters. The number of halogens is 1. The van der Waals surface area contributed by atoms with Crippen molar-refractivity contribution in [3.05, 3.63) is 29.2 Å². The summed E-state index contributed by atoms with van der Waals surface area (Å²) in [6, 6.07) is 3.77. The Balaban J connectivity index is 2.02. The number of hydrogen-bond donors (Lipinski definition) is 0. The molecule has 2 heterocycles. The Morgan fingerprint density at radius 3 is 3.12 bits per heavy atom. The van der Waals surface area contributed by atoms with E-state index in [-0.39, 0.29) is 0 Å². The third kappa shape index (κ3) is 2.03. The molecule has 5 heteroatoms. The van der Waals surface area contributed by atoms with Gasteiger partial charge in [-0.1, -0.05) is 11.6 Å². The first kappa shape index (κ1) is 11.0. The summed E-state index contributed by atoms with van der Waals surface area (Å²) in [6.45, 7) is 0.707. The van der Waals surface area contributed by atoms with Crippen molar-refractivity contribution in [1.29, 1.82) is 0 Å². The Bertz CT molecular complexity index is 536. The fourth-order valence-corrected chi connectivity index (χ4v) is 2.47. The Hall–Kier alpha value is -1.13. The number of hydrogen-bond acceptors (Lipinski definition) is 3. The highest BCUT2D eigenvalue weighted by molar-refractivity contribution is 6.29. The van der Waals surface area contributed by atoms with Gasteiger partial charge in [-0.2, -0.15) is 5.10 Å². The smallest absolute Gasteiger partial charge is 0.156 e. The third-order valence-electron chi connectivity index (χ3n) is 3.25. The summed E-state index contributed by atoms with van der Waals surface area (Å²) >= 11 is 6.19. The van der Waals surface area contributed by atoms with E-state index in [2.05, 4.69) is 10.1 Å². The Kier molecular flexibility index (Phi) is 2.76. The summed E-state index contributed by atoms with van der Waals surface area (Å²) in [5.74, 6) is 1.06. The largest absolute Gasteiger partial charge is 0.384 e. The van der Waals surface area contributed by atoms with Crippen LogP contribution in [-0.2, 0) is 4.74 Å². The molecule has 2 aromatic heterocycles. The molecule has 0 unspecified atom stereocenters. The lowest BCUT2D eigenvalue weighted by Crippen LogP contribution is -2.11. The SMILES string of the molecule is COC[C@H](c1cc(Cl)n2nccc2n1)C1CC1. The fourth-order valence-electron chi connectivity index (χ4n) is 2.22. The van der Waals surface area contributed by atoms with Crippen LogP contribution in [-0.4, -0.2) is 28.3 Å². The van der Waals surface area contributed by atoms with Crippen LogP contribution in [0.15, 0.2) is 18.3 Å². The van der Waals surface area contributed by atoms with Gasteiger partial charge in [0.05, 0.1) is 18.5 Å². The molecular formula is C12H14ClN3O. The zero-order chi connectivity index (χ0) is 11.8. The molecular weight excluding hydrogens is 238 g/mol. The molecule has 90 valence electrons. The minimum atomic E-state index is 0.359. The van der Waals surface area contributed by atoms with Gasteiger partial charge in [-0.25, -0.2) is 9.50 Å². The predicted octanol–water partition coefficient (Wildman–Crippen LogP) is 2.52. The van der Waals surface area contributed by atoms with E-state index < -0.39 is 0 Å². The van der Waals surface area contributed by atoms with E-state index >= 15 is 0 Å². The van der Waals surface area contributed by atoms with E-state index in [9.17, 15) is 0 Å². The van der Waals surface area contributed by atoms with Crippen molar-refractivity contribution in [2.75, 3.05) is 13.7 Å². The summed E-state index contributed by atoms with van der Waals surface area (Å²) in [5, 5.41) is 4.72. The molecule has 0 aromatic carbocycles. The van der Waals surface area contributed by atoms with Gasteiger partial charge in [0.2, 0.25) is 0 Å².